The lowest BCUT2D eigenvalue weighted by Gasteiger charge is -2.04. The van der Waals surface area contributed by atoms with Crippen molar-refractivity contribution in [2.75, 3.05) is 6.54 Å². The van der Waals surface area contributed by atoms with E-state index in [-0.39, 0.29) is 0 Å². The number of nitrogens with zero attached hydrogens (tertiary/aromatic N) is 2. The van der Waals surface area contributed by atoms with Crippen molar-refractivity contribution < 1.29 is 19.8 Å². The van der Waals surface area contributed by atoms with Gasteiger partial charge in [-0.25, -0.2) is 21.2 Å². The summed E-state index contributed by atoms with van der Waals surface area (Å²) in [6.07, 6.45) is 17.4. The molecule has 0 heterocycles. The van der Waals surface area contributed by atoms with Gasteiger partial charge in [0.2, 0.25) is 0 Å². The first kappa shape index (κ1) is 26.9. The maximum Gasteiger partial charge on any atom is 0.424 e. The average Bonchev–Trinajstić information content (AvgIpc) is 2.68. The summed E-state index contributed by atoms with van der Waals surface area (Å²) in [5.74, 6) is -0.679. The molecule has 0 atom stereocenters. The Labute approximate surface area is 174 Å². The molecular weight excluding hydrogens is 376 g/mol. The van der Waals surface area contributed by atoms with E-state index in [9.17, 15) is 9.59 Å². The van der Waals surface area contributed by atoms with Crippen molar-refractivity contribution in [3.8, 4) is 0 Å². The van der Waals surface area contributed by atoms with Gasteiger partial charge < -0.3 is 10.2 Å². The summed E-state index contributed by atoms with van der Waals surface area (Å²) in [7, 11) is 0. The molecule has 0 aliphatic heterocycles. The smallest absolute Gasteiger partial charge is 0.424 e. The number of nitrogens with one attached hydrogen (secondary N) is 4. The van der Waals surface area contributed by atoms with Crippen molar-refractivity contribution >= 4 is 12.1 Å². The zero-order valence-electron chi connectivity index (χ0n) is 17.6. The van der Waals surface area contributed by atoms with Crippen LogP contribution in [0.2, 0.25) is 0 Å². The van der Waals surface area contributed by atoms with Crippen molar-refractivity contribution in [1.29, 1.82) is 0 Å². The number of amides is 1. The molecule has 29 heavy (non-hydrogen) atoms. The van der Waals surface area contributed by atoms with Gasteiger partial charge in [-0.3, -0.25) is 4.79 Å². The Bertz CT molecular complexity index is 424. The highest BCUT2D eigenvalue weighted by Gasteiger charge is 1.97. The summed E-state index contributed by atoms with van der Waals surface area (Å²) in [5.41, 5.74) is 9.25. The predicted molar refractivity (Wildman–Crippen MR) is 112 cm³/mol. The van der Waals surface area contributed by atoms with Gasteiger partial charge >= 0.3 is 12.1 Å². The van der Waals surface area contributed by atoms with E-state index in [1.807, 2.05) is 11.0 Å². The number of hydrogen-bond donors (Lipinski definition) is 6. The molecule has 0 rings (SSSR count). The lowest BCUT2D eigenvalue weighted by Crippen LogP contribution is -2.33. The molecule has 0 aliphatic carbocycles. The quantitative estimate of drug-likeness (QED) is 0.0867. The first-order valence-electron chi connectivity index (χ1n) is 11.0. The van der Waals surface area contributed by atoms with Crippen molar-refractivity contribution in [2.45, 2.75) is 103 Å². The van der Waals surface area contributed by atoms with Gasteiger partial charge in [0, 0.05) is 13.0 Å². The number of carbonyl (C=O) groups is 2. The molecule has 0 aromatic heterocycles. The van der Waals surface area contributed by atoms with Crippen molar-refractivity contribution in [3.63, 3.8) is 0 Å². The Kier molecular flexibility index (Phi) is 20.6. The Hall–Kier alpha value is -2.10. The van der Waals surface area contributed by atoms with Gasteiger partial charge in [-0.1, -0.05) is 83.5 Å². The molecule has 0 aromatic rings. The first-order valence-corrected chi connectivity index (χ1v) is 11.0. The molecule has 10 heteroatoms. The lowest BCUT2D eigenvalue weighted by atomic mass is 10.0. The zero-order valence-corrected chi connectivity index (χ0v) is 17.6. The van der Waals surface area contributed by atoms with Crippen LogP contribution in [-0.4, -0.2) is 28.8 Å². The molecule has 170 valence electrons. The Balaban J connectivity index is 3.06. The average molecular weight is 417 g/mol. The molecule has 0 saturated heterocycles. The second kappa shape index (κ2) is 22.2. The van der Waals surface area contributed by atoms with E-state index in [0.717, 1.165) is 25.8 Å². The highest BCUT2D eigenvalue weighted by atomic mass is 16.4. The second-order valence-corrected chi connectivity index (χ2v) is 7.23. The minimum atomic E-state index is -1.23. The molecule has 1 amide bonds. The molecule has 6 N–H and O–H groups in total. The summed E-state index contributed by atoms with van der Waals surface area (Å²) in [6, 6.07) is 0. The molecule has 0 radical (unpaired) electrons. The zero-order chi connectivity index (χ0) is 21.4. The van der Waals surface area contributed by atoms with Crippen LogP contribution in [0.15, 0.2) is 10.4 Å². The highest BCUT2D eigenvalue weighted by Crippen LogP contribution is 2.13. The van der Waals surface area contributed by atoms with Gasteiger partial charge in [0.1, 0.15) is 0 Å². The molecular formula is C19H40N6O4. The van der Waals surface area contributed by atoms with Crippen molar-refractivity contribution in [3.05, 3.63) is 0 Å². The summed E-state index contributed by atoms with van der Waals surface area (Å²) < 4.78 is 0. The Morgan fingerprint density at radius 2 is 1.00 bits per heavy atom. The van der Waals surface area contributed by atoms with Gasteiger partial charge in [0.05, 0.1) is 0 Å². The van der Waals surface area contributed by atoms with E-state index < -0.39 is 12.1 Å². The predicted octanol–water partition coefficient (Wildman–Crippen LogP) is 4.46. The van der Waals surface area contributed by atoms with Crippen LogP contribution in [0.25, 0.3) is 0 Å². The van der Waals surface area contributed by atoms with Crippen LogP contribution < -0.4 is 21.9 Å². The fourth-order valence-electron chi connectivity index (χ4n) is 3.00. The van der Waals surface area contributed by atoms with Crippen LogP contribution in [0.4, 0.5) is 4.79 Å². The van der Waals surface area contributed by atoms with E-state index in [4.69, 9.17) is 10.2 Å². The first-order chi connectivity index (χ1) is 14.1. The number of aliphatic carboxylic acids is 1. The van der Waals surface area contributed by atoms with Crippen molar-refractivity contribution in [2.24, 2.45) is 10.4 Å². The number of unbranched alkanes of at least 4 members (excludes halogenated alkanes) is 14. The van der Waals surface area contributed by atoms with Crippen LogP contribution in [-0.2, 0) is 4.79 Å². The molecule has 0 aromatic carbocycles. The van der Waals surface area contributed by atoms with Crippen LogP contribution in [0.5, 0.6) is 0 Å². The van der Waals surface area contributed by atoms with Gasteiger partial charge in [0.25, 0.3) is 0 Å². The van der Waals surface area contributed by atoms with E-state index in [2.05, 4.69) is 21.4 Å². The van der Waals surface area contributed by atoms with Crippen LogP contribution >= 0.6 is 0 Å². The molecule has 10 nitrogen and oxygen atoms in total. The summed E-state index contributed by atoms with van der Waals surface area (Å²) in [4.78, 5) is 20.5. The van der Waals surface area contributed by atoms with E-state index in [0.29, 0.717) is 6.42 Å². The molecule has 0 aliphatic rings. The van der Waals surface area contributed by atoms with E-state index in [1.165, 1.54) is 77.0 Å². The van der Waals surface area contributed by atoms with Gasteiger partial charge in [-0.05, 0) is 23.3 Å². The number of carboxylic acids is 1. The normalized spacial score (nSPS) is 10.9. The number of hydrazine groups is 2. The maximum absolute atomic E-state index is 10.4. The summed E-state index contributed by atoms with van der Waals surface area (Å²) in [5, 5.41) is 23.6. The van der Waals surface area contributed by atoms with Gasteiger partial charge in [0.15, 0.2) is 0 Å². The minimum absolute atomic E-state index is 0.314. The number of rotatable bonds is 22. The van der Waals surface area contributed by atoms with Gasteiger partial charge in [-0.2, -0.15) is 5.53 Å². The Morgan fingerprint density at radius 1 is 0.586 bits per heavy atom. The molecule has 0 bridgehead atoms. The third-order valence-electron chi connectivity index (χ3n) is 4.58. The van der Waals surface area contributed by atoms with Crippen molar-refractivity contribution in [1.82, 2.24) is 21.9 Å². The minimum Gasteiger partial charge on any atom is -0.481 e. The summed E-state index contributed by atoms with van der Waals surface area (Å²) in [6.45, 7) is 0.783. The molecule has 0 spiro atoms. The van der Waals surface area contributed by atoms with Gasteiger partial charge in [-0.15, -0.1) is 0 Å². The van der Waals surface area contributed by atoms with E-state index >= 15 is 0 Å². The third kappa shape index (κ3) is 25.9. The van der Waals surface area contributed by atoms with E-state index in [1.54, 1.807) is 0 Å². The topological polar surface area (TPSA) is 147 Å². The Morgan fingerprint density at radius 3 is 1.45 bits per heavy atom. The van der Waals surface area contributed by atoms with Crippen LogP contribution in [0, 0.1) is 0 Å². The summed E-state index contributed by atoms with van der Waals surface area (Å²) >= 11 is 0. The number of carboxylic acid groups (broad SMARTS) is 2. The molecule has 0 unspecified atom stereocenters. The SMILES string of the molecule is O=C(O)CCCCCCCCCCCCCCCCCNNN=NNNC(=O)O. The van der Waals surface area contributed by atoms with Crippen LogP contribution in [0.1, 0.15) is 103 Å². The lowest BCUT2D eigenvalue weighted by molar-refractivity contribution is -0.137. The monoisotopic (exact) mass is 416 g/mol. The standard InChI is InChI=1S/C19H40N6O4/c26-18(27)16-14-12-10-8-6-4-2-1-3-5-7-9-11-13-15-17-20-22-24-25-23-21-19(28)29/h1-17H2,(H,26,27)(H,28,29)(H2,20,23,24)(H2,21,22,25). The second-order valence-electron chi connectivity index (χ2n) is 7.23. The highest BCUT2D eigenvalue weighted by molar-refractivity contribution is 5.66. The fourth-order valence-corrected chi connectivity index (χ4v) is 3.00. The largest absolute Gasteiger partial charge is 0.481 e. The molecule has 0 saturated carbocycles. The molecule has 0 fully saturated rings. The van der Waals surface area contributed by atoms with Crippen LogP contribution in [0.3, 0.4) is 0 Å². The maximum atomic E-state index is 10.4. The number of hydrogen-bond acceptors (Lipinski definition) is 5. The fraction of sp³-hybridized carbons (Fsp3) is 0.895. The third-order valence-corrected chi connectivity index (χ3v) is 4.58.